The van der Waals surface area contributed by atoms with Crippen molar-refractivity contribution in [2.75, 3.05) is 6.54 Å². The van der Waals surface area contributed by atoms with E-state index < -0.39 is 30.5 Å². The van der Waals surface area contributed by atoms with Crippen molar-refractivity contribution in [3.8, 4) is 0 Å². The molecule has 6 nitrogen and oxygen atoms in total. The Bertz CT molecular complexity index is 504. The number of ether oxygens (including phenoxy) is 2. The van der Waals surface area contributed by atoms with Crippen molar-refractivity contribution < 1.29 is 23.5 Å². The lowest BCUT2D eigenvalue weighted by Gasteiger charge is -2.19. The molecule has 0 unspecified atom stereocenters. The van der Waals surface area contributed by atoms with E-state index in [9.17, 15) is 14.0 Å². The van der Waals surface area contributed by atoms with Crippen molar-refractivity contribution in [2.45, 2.75) is 6.10 Å². The predicted molar refractivity (Wildman–Crippen MR) is 64.1 cm³/mol. The first-order valence-corrected chi connectivity index (χ1v) is 5.25. The number of esters is 1. The van der Waals surface area contributed by atoms with Crippen LogP contribution in [0.15, 0.2) is 36.6 Å². The molecule has 0 aromatic heterocycles. The van der Waals surface area contributed by atoms with E-state index in [-0.39, 0.29) is 11.3 Å². The van der Waals surface area contributed by atoms with Crippen LogP contribution in [0.4, 0.5) is 9.18 Å². The molecule has 0 heterocycles. The first-order chi connectivity index (χ1) is 8.95. The molecule has 0 fully saturated rings. The van der Waals surface area contributed by atoms with Crippen LogP contribution in [0, 0.1) is 5.82 Å². The maximum Gasteiger partial charge on any atom is 0.409 e. The van der Waals surface area contributed by atoms with Crippen LogP contribution in [0.2, 0.25) is 0 Å². The number of hydrogen-bond donors (Lipinski definition) is 2. The Morgan fingerprint density at radius 1 is 1.37 bits per heavy atom. The van der Waals surface area contributed by atoms with Gasteiger partial charge in [0.1, 0.15) is 11.6 Å². The van der Waals surface area contributed by atoms with Gasteiger partial charge in [-0.2, -0.15) is 0 Å². The Labute approximate surface area is 108 Å². The van der Waals surface area contributed by atoms with Gasteiger partial charge in [-0.3, -0.25) is 4.79 Å². The number of hydrogen-bond acceptors (Lipinski definition) is 5. The van der Waals surface area contributed by atoms with Gasteiger partial charge in [-0.1, -0.05) is 24.8 Å². The molecule has 0 saturated carbocycles. The lowest BCUT2D eigenvalue weighted by Crippen LogP contribution is -2.24. The van der Waals surface area contributed by atoms with Gasteiger partial charge in [0.05, 0.1) is 6.54 Å². The summed E-state index contributed by atoms with van der Waals surface area (Å²) in [6.45, 7) is 2.98. The van der Waals surface area contributed by atoms with Crippen molar-refractivity contribution in [2.24, 2.45) is 11.5 Å². The Morgan fingerprint density at radius 2 is 2.00 bits per heavy atom. The molecule has 0 spiro atoms. The molecule has 1 rings (SSSR count). The lowest BCUT2D eigenvalue weighted by molar-refractivity contribution is -0.147. The van der Waals surface area contributed by atoms with Crippen molar-refractivity contribution >= 4 is 12.1 Å². The summed E-state index contributed by atoms with van der Waals surface area (Å²) < 4.78 is 23.1. The Kier molecular flexibility index (Phi) is 5.01. The molecule has 1 amide bonds. The number of benzene rings is 1. The molecule has 4 N–H and O–H groups in total. The minimum absolute atomic E-state index is 0.0180. The minimum Gasteiger partial charge on any atom is -0.448 e. The van der Waals surface area contributed by atoms with Crippen molar-refractivity contribution in [1.82, 2.24) is 0 Å². The third-order valence-electron chi connectivity index (χ3n) is 2.13. The summed E-state index contributed by atoms with van der Waals surface area (Å²) in [7, 11) is 0. The molecule has 0 aliphatic rings. The second-order valence-electron chi connectivity index (χ2n) is 3.48. The van der Waals surface area contributed by atoms with Crippen LogP contribution >= 0.6 is 0 Å². The Morgan fingerprint density at radius 3 is 2.53 bits per heavy atom. The first kappa shape index (κ1) is 14.7. The number of amides is 1. The third-order valence-corrected chi connectivity index (χ3v) is 2.13. The molecular weight excluding hydrogens is 255 g/mol. The SMILES string of the molecule is C=C(OC(N)=O)[C@@H](OC(=O)CN)c1ccccc1F. The molecule has 0 saturated heterocycles. The van der Waals surface area contributed by atoms with E-state index >= 15 is 0 Å². The zero-order valence-corrected chi connectivity index (χ0v) is 9.97. The topological polar surface area (TPSA) is 105 Å². The molecule has 102 valence electrons. The van der Waals surface area contributed by atoms with Crippen LogP contribution in [0.1, 0.15) is 11.7 Å². The molecule has 19 heavy (non-hydrogen) atoms. The second-order valence-corrected chi connectivity index (χ2v) is 3.48. The number of rotatable bonds is 5. The quantitative estimate of drug-likeness (QED) is 0.611. The van der Waals surface area contributed by atoms with E-state index in [0.717, 1.165) is 6.07 Å². The van der Waals surface area contributed by atoms with Gasteiger partial charge in [0.15, 0.2) is 6.10 Å². The third kappa shape index (κ3) is 4.07. The highest BCUT2D eigenvalue weighted by Crippen LogP contribution is 2.27. The van der Waals surface area contributed by atoms with Crippen molar-refractivity contribution in [3.05, 3.63) is 48.0 Å². The Balaban J connectivity index is 3.05. The first-order valence-electron chi connectivity index (χ1n) is 5.25. The van der Waals surface area contributed by atoms with Crippen molar-refractivity contribution in [3.63, 3.8) is 0 Å². The smallest absolute Gasteiger partial charge is 0.409 e. The molecule has 1 atom stereocenters. The molecule has 0 aliphatic carbocycles. The zero-order chi connectivity index (χ0) is 14.4. The Hall–Kier alpha value is -2.41. The normalized spacial score (nSPS) is 11.5. The maximum absolute atomic E-state index is 13.7. The molecule has 0 bridgehead atoms. The fourth-order valence-electron chi connectivity index (χ4n) is 1.35. The summed E-state index contributed by atoms with van der Waals surface area (Å²) in [5.41, 5.74) is 9.92. The standard InChI is InChI=1S/C12H13FN2O4/c1-7(18-12(15)17)11(19-10(16)6-14)8-4-2-3-5-9(8)13/h2-5,11H,1,6,14H2,(H2,15,17)/t11-/m1/s1. The van der Waals surface area contributed by atoms with Crippen LogP contribution in [0.5, 0.6) is 0 Å². The monoisotopic (exact) mass is 268 g/mol. The highest BCUT2D eigenvalue weighted by molar-refractivity contribution is 5.72. The van der Waals surface area contributed by atoms with Gasteiger partial charge >= 0.3 is 12.1 Å². The minimum atomic E-state index is -1.30. The molecule has 0 aliphatic heterocycles. The summed E-state index contributed by atoms with van der Waals surface area (Å²) in [5.74, 6) is -1.76. The van der Waals surface area contributed by atoms with E-state index in [0.29, 0.717) is 0 Å². The second kappa shape index (κ2) is 6.50. The van der Waals surface area contributed by atoms with Gasteiger partial charge in [0.25, 0.3) is 0 Å². The zero-order valence-electron chi connectivity index (χ0n) is 9.97. The van der Waals surface area contributed by atoms with Crippen LogP contribution in [-0.4, -0.2) is 18.6 Å². The van der Waals surface area contributed by atoms with E-state index in [4.69, 9.17) is 16.2 Å². The van der Waals surface area contributed by atoms with E-state index in [1.165, 1.54) is 18.2 Å². The van der Waals surface area contributed by atoms with E-state index in [1.54, 1.807) is 0 Å². The number of primary amides is 1. The summed E-state index contributed by atoms with van der Waals surface area (Å²) in [6, 6.07) is 5.51. The predicted octanol–water partition coefficient (Wildman–Crippen LogP) is 0.978. The van der Waals surface area contributed by atoms with E-state index in [1.807, 2.05) is 0 Å². The summed E-state index contributed by atoms with van der Waals surface area (Å²) in [4.78, 5) is 21.9. The van der Waals surface area contributed by atoms with Gasteiger partial charge in [-0.15, -0.1) is 0 Å². The van der Waals surface area contributed by atoms with Crippen LogP contribution in [0.25, 0.3) is 0 Å². The maximum atomic E-state index is 13.7. The summed E-state index contributed by atoms with van der Waals surface area (Å²) in [5, 5.41) is 0. The molecule has 7 heteroatoms. The van der Waals surface area contributed by atoms with Gasteiger partial charge in [0, 0.05) is 5.56 Å². The number of nitrogens with two attached hydrogens (primary N) is 2. The average molecular weight is 268 g/mol. The van der Waals surface area contributed by atoms with Gasteiger partial charge < -0.3 is 20.9 Å². The summed E-state index contributed by atoms with van der Waals surface area (Å²) in [6.07, 6.45) is -2.44. The number of halogens is 1. The molecule has 0 radical (unpaired) electrons. The largest absolute Gasteiger partial charge is 0.448 e. The highest BCUT2D eigenvalue weighted by atomic mass is 19.1. The number of carbonyl (C=O) groups excluding carboxylic acids is 2. The van der Waals surface area contributed by atoms with Gasteiger partial charge in [0.2, 0.25) is 0 Å². The average Bonchev–Trinajstić information content (AvgIpc) is 2.35. The van der Waals surface area contributed by atoms with Crippen molar-refractivity contribution in [1.29, 1.82) is 0 Å². The molecule has 1 aromatic carbocycles. The molecule has 1 aromatic rings. The highest BCUT2D eigenvalue weighted by Gasteiger charge is 2.25. The van der Waals surface area contributed by atoms with E-state index in [2.05, 4.69) is 11.3 Å². The van der Waals surface area contributed by atoms with Gasteiger partial charge in [-0.05, 0) is 6.07 Å². The molecular formula is C12H13FN2O4. The number of carbonyl (C=O) groups is 2. The fraction of sp³-hybridized carbons (Fsp3) is 0.167. The van der Waals surface area contributed by atoms with Crippen LogP contribution < -0.4 is 11.5 Å². The lowest BCUT2D eigenvalue weighted by atomic mass is 10.1. The fourth-order valence-corrected chi connectivity index (χ4v) is 1.35. The summed E-state index contributed by atoms with van der Waals surface area (Å²) >= 11 is 0. The van der Waals surface area contributed by atoms with Crippen LogP contribution in [-0.2, 0) is 14.3 Å². The van der Waals surface area contributed by atoms with Crippen LogP contribution in [0.3, 0.4) is 0 Å². The van der Waals surface area contributed by atoms with Gasteiger partial charge in [-0.25, -0.2) is 9.18 Å².